The summed E-state index contributed by atoms with van der Waals surface area (Å²) in [6, 6.07) is 0.242. The Morgan fingerprint density at radius 2 is 2.27 bits per heavy atom. The van der Waals surface area contributed by atoms with Gasteiger partial charge in [0.15, 0.2) is 0 Å². The fourth-order valence-electron chi connectivity index (χ4n) is 1.04. The van der Waals surface area contributed by atoms with Crippen LogP contribution in [-0.2, 0) is 9.53 Å². The van der Waals surface area contributed by atoms with Crippen LogP contribution in [0, 0.1) is 0 Å². The fraction of sp³-hybridized carbons (Fsp3) is 0.900. The number of methoxy groups -OCH3 is 1. The predicted molar refractivity (Wildman–Crippen MR) is 65.3 cm³/mol. The summed E-state index contributed by atoms with van der Waals surface area (Å²) >= 11 is 1.84. The van der Waals surface area contributed by atoms with Crippen LogP contribution < -0.4 is 10.6 Å². The van der Waals surface area contributed by atoms with Crippen molar-refractivity contribution in [3.63, 3.8) is 0 Å². The molecule has 0 heterocycles. The maximum atomic E-state index is 11.4. The molecule has 1 amide bonds. The second kappa shape index (κ2) is 10.3. The molecule has 0 spiro atoms. The molecule has 0 saturated carbocycles. The van der Waals surface area contributed by atoms with E-state index in [1.807, 2.05) is 18.7 Å². The Morgan fingerprint density at radius 1 is 1.53 bits per heavy atom. The van der Waals surface area contributed by atoms with Gasteiger partial charge in [0.05, 0.1) is 13.2 Å². The van der Waals surface area contributed by atoms with Crippen molar-refractivity contribution in [1.29, 1.82) is 0 Å². The summed E-state index contributed by atoms with van der Waals surface area (Å²) in [5.41, 5.74) is 0. The van der Waals surface area contributed by atoms with Crippen LogP contribution in [0.5, 0.6) is 0 Å². The number of carbonyl (C=O) groups is 1. The van der Waals surface area contributed by atoms with E-state index in [-0.39, 0.29) is 11.9 Å². The van der Waals surface area contributed by atoms with E-state index >= 15 is 0 Å². The Hall–Kier alpha value is -0.260. The number of hydrogen-bond donors (Lipinski definition) is 2. The average molecular weight is 234 g/mol. The quantitative estimate of drug-likeness (QED) is 0.570. The number of hydrogen-bond acceptors (Lipinski definition) is 4. The molecule has 0 aromatic rings. The minimum atomic E-state index is 0.0512. The minimum absolute atomic E-state index is 0.0512. The van der Waals surface area contributed by atoms with Crippen LogP contribution in [0.15, 0.2) is 0 Å². The Balaban J connectivity index is 3.38. The monoisotopic (exact) mass is 234 g/mol. The molecule has 0 aliphatic carbocycles. The van der Waals surface area contributed by atoms with E-state index in [2.05, 4.69) is 17.6 Å². The van der Waals surface area contributed by atoms with Crippen molar-refractivity contribution in [2.24, 2.45) is 0 Å². The lowest BCUT2D eigenvalue weighted by Gasteiger charge is -2.13. The van der Waals surface area contributed by atoms with Gasteiger partial charge in [-0.3, -0.25) is 4.79 Å². The van der Waals surface area contributed by atoms with Gasteiger partial charge in [0.2, 0.25) is 5.91 Å². The third-order valence-electron chi connectivity index (χ3n) is 1.75. The van der Waals surface area contributed by atoms with Crippen LogP contribution in [0.2, 0.25) is 0 Å². The summed E-state index contributed by atoms with van der Waals surface area (Å²) < 4.78 is 4.86. The summed E-state index contributed by atoms with van der Waals surface area (Å²) in [7, 11) is 1.64. The number of ether oxygens (including phenoxy) is 1. The van der Waals surface area contributed by atoms with E-state index in [9.17, 15) is 4.79 Å². The molecule has 90 valence electrons. The van der Waals surface area contributed by atoms with E-state index in [1.54, 1.807) is 7.11 Å². The molecule has 0 aromatic carbocycles. The van der Waals surface area contributed by atoms with Crippen LogP contribution in [0.1, 0.15) is 13.8 Å². The Labute approximate surface area is 96.5 Å². The molecule has 0 bridgehead atoms. The maximum Gasteiger partial charge on any atom is 0.234 e. The van der Waals surface area contributed by atoms with Crippen LogP contribution in [0.3, 0.4) is 0 Å². The number of nitrogens with one attached hydrogen (secondary N) is 2. The third kappa shape index (κ3) is 10.0. The normalized spacial score (nSPS) is 12.5. The largest absolute Gasteiger partial charge is 0.383 e. The molecule has 4 nitrogen and oxygen atoms in total. The maximum absolute atomic E-state index is 11.4. The van der Waals surface area contributed by atoms with Gasteiger partial charge in [0.1, 0.15) is 0 Å². The summed E-state index contributed by atoms with van der Waals surface area (Å²) in [6.45, 7) is 5.85. The molecule has 15 heavy (non-hydrogen) atoms. The first kappa shape index (κ1) is 14.7. The summed E-state index contributed by atoms with van der Waals surface area (Å²) in [5.74, 6) is 2.11. The molecule has 0 rings (SSSR count). The average Bonchev–Trinajstić information content (AvgIpc) is 2.21. The van der Waals surface area contributed by atoms with Crippen molar-refractivity contribution in [3.8, 4) is 0 Å². The molecular formula is C10H22N2O2S. The number of rotatable bonds is 9. The van der Waals surface area contributed by atoms with Gasteiger partial charge in [0, 0.05) is 25.4 Å². The first-order chi connectivity index (χ1) is 7.20. The highest BCUT2D eigenvalue weighted by atomic mass is 32.2. The van der Waals surface area contributed by atoms with Crippen molar-refractivity contribution in [2.45, 2.75) is 19.9 Å². The van der Waals surface area contributed by atoms with E-state index in [0.717, 1.165) is 11.5 Å². The van der Waals surface area contributed by atoms with Crippen molar-refractivity contribution in [3.05, 3.63) is 0 Å². The van der Waals surface area contributed by atoms with E-state index in [0.29, 0.717) is 19.7 Å². The number of amides is 1. The van der Waals surface area contributed by atoms with Crippen LogP contribution in [0.25, 0.3) is 0 Å². The summed E-state index contributed by atoms with van der Waals surface area (Å²) in [5, 5.41) is 5.93. The highest BCUT2D eigenvalue weighted by Crippen LogP contribution is 2.00. The molecule has 0 saturated heterocycles. The molecule has 2 N–H and O–H groups in total. The molecule has 5 heteroatoms. The second-order valence-corrected chi connectivity index (χ2v) is 4.62. The van der Waals surface area contributed by atoms with Gasteiger partial charge in [-0.1, -0.05) is 6.92 Å². The molecule has 0 aliphatic rings. The summed E-state index contributed by atoms with van der Waals surface area (Å²) in [6.07, 6.45) is 0. The molecule has 0 aromatic heterocycles. The van der Waals surface area contributed by atoms with Crippen LogP contribution in [0.4, 0.5) is 0 Å². The first-order valence-electron chi connectivity index (χ1n) is 5.27. The lowest BCUT2D eigenvalue weighted by atomic mass is 10.4. The zero-order chi connectivity index (χ0) is 11.5. The molecule has 0 radical (unpaired) electrons. The topological polar surface area (TPSA) is 50.4 Å². The smallest absolute Gasteiger partial charge is 0.234 e. The zero-order valence-electron chi connectivity index (χ0n) is 9.84. The number of thioether (sulfide) groups is 1. The molecule has 0 fully saturated rings. The fourth-order valence-corrected chi connectivity index (χ4v) is 1.71. The van der Waals surface area contributed by atoms with Crippen molar-refractivity contribution in [1.82, 2.24) is 10.6 Å². The van der Waals surface area contributed by atoms with Crippen molar-refractivity contribution in [2.75, 3.05) is 38.3 Å². The van der Waals surface area contributed by atoms with E-state index < -0.39 is 0 Å². The first-order valence-corrected chi connectivity index (χ1v) is 6.43. The van der Waals surface area contributed by atoms with Gasteiger partial charge < -0.3 is 15.4 Å². The van der Waals surface area contributed by atoms with Gasteiger partial charge >= 0.3 is 0 Å². The zero-order valence-corrected chi connectivity index (χ0v) is 10.7. The van der Waals surface area contributed by atoms with Crippen LogP contribution in [-0.4, -0.2) is 50.3 Å². The van der Waals surface area contributed by atoms with E-state index in [1.165, 1.54) is 0 Å². The van der Waals surface area contributed by atoms with Crippen LogP contribution >= 0.6 is 11.8 Å². The third-order valence-corrected chi connectivity index (χ3v) is 2.89. The lowest BCUT2D eigenvalue weighted by Crippen LogP contribution is -2.40. The molecule has 1 atom stereocenters. The van der Waals surface area contributed by atoms with Gasteiger partial charge in [-0.05, 0) is 12.7 Å². The summed E-state index contributed by atoms with van der Waals surface area (Å²) in [4.78, 5) is 11.4. The van der Waals surface area contributed by atoms with Gasteiger partial charge in [0.25, 0.3) is 0 Å². The molecule has 1 unspecified atom stereocenters. The Morgan fingerprint density at radius 3 is 2.87 bits per heavy atom. The Kier molecular flexibility index (Phi) is 10.1. The second-order valence-electron chi connectivity index (χ2n) is 3.30. The lowest BCUT2D eigenvalue weighted by molar-refractivity contribution is -0.120. The molecular weight excluding hydrogens is 212 g/mol. The minimum Gasteiger partial charge on any atom is -0.383 e. The highest BCUT2D eigenvalue weighted by molar-refractivity contribution is 7.99. The standard InChI is InChI=1S/C10H22N2O2S/c1-4-15-8-9(2)12-10(13)7-11-5-6-14-3/h9,11H,4-8H2,1-3H3,(H,12,13). The van der Waals surface area contributed by atoms with E-state index in [4.69, 9.17) is 4.74 Å². The van der Waals surface area contributed by atoms with Gasteiger partial charge in [-0.15, -0.1) is 0 Å². The van der Waals surface area contributed by atoms with Crippen molar-refractivity contribution < 1.29 is 9.53 Å². The van der Waals surface area contributed by atoms with Gasteiger partial charge in [-0.25, -0.2) is 0 Å². The number of carbonyl (C=O) groups excluding carboxylic acids is 1. The van der Waals surface area contributed by atoms with Crippen molar-refractivity contribution >= 4 is 17.7 Å². The Bertz CT molecular complexity index is 168. The highest BCUT2D eigenvalue weighted by Gasteiger charge is 2.05. The SMILES string of the molecule is CCSCC(C)NC(=O)CNCCOC. The predicted octanol–water partition coefficient (Wildman–Crippen LogP) is 0.480. The molecule has 0 aliphatic heterocycles. The van der Waals surface area contributed by atoms with Gasteiger partial charge in [-0.2, -0.15) is 11.8 Å².